The van der Waals surface area contributed by atoms with E-state index in [9.17, 15) is 9.59 Å². The largest absolute Gasteiger partial charge is 0.360 e. The van der Waals surface area contributed by atoms with Crippen molar-refractivity contribution in [3.63, 3.8) is 0 Å². The van der Waals surface area contributed by atoms with Crippen LogP contribution in [0.2, 0.25) is 10.2 Å². The van der Waals surface area contributed by atoms with E-state index in [1.165, 1.54) is 24.1 Å². The Balaban J connectivity index is 2.01. The summed E-state index contributed by atoms with van der Waals surface area (Å²) < 4.78 is 4.83. The van der Waals surface area contributed by atoms with Gasteiger partial charge in [-0.15, -0.1) is 0 Å². The summed E-state index contributed by atoms with van der Waals surface area (Å²) in [5.74, 6) is -0.0989. The summed E-state index contributed by atoms with van der Waals surface area (Å²) in [7, 11) is 1.45. The lowest BCUT2D eigenvalue weighted by molar-refractivity contribution is -0.116. The van der Waals surface area contributed by atoms with Crippen LogP contribution in [0.25, 0.3) is 0 Å². The fourth-order valence-corrected chi connectivity index (χ4v) is 1.98. The molecular formula is C13H12Cl2N4O3. The smallest absolute Gasteiger partial charge is 0.274 e. The van der Waals surface area contributed by atoms with E-state index in [4.69, 9.17) is 27.7 Å². The van der Waals surface area contributed by atoms with Crippen LogP contribution < -0.4 is 5.32 Å². The number of halogens is 2. The summed E-state index contributed by atoms with van der Waals surface area (Å²) in [5, 5.41) is 6.44. The highest BCUT2D eigenvalue weighted by Gasteiger charge is 2.20. The van der Waals surface area contributed by atoms with Crippen molar-refractivity contribution in [3.8, 4) is 0 Å². The fourth-order valence-electron chi connectivity index (χ4n) is 1.64. The second-order valence-corrected chi connectivity index (χ2v) is 5.29. The lowest BCUT2D eigenvalue weighted by atomic mass is 10.3. The van der Waals surface area contributed by atoms with Gasteiger partial charge in [-0.1, -0.05) is 28.4 Å². The number of nitrogens with zero attached hydrogens (tertiary/aromatic N) is 3. The Bertz CT molecular complexity index is 717. The SMILES string of the molecule is Cc1cc(NC(=O)CN(C)C(=O)c2nc(Cl)ccc2Cl)no1. The van der Waals surface area contributed by atoms with Gasteiger partial charge in [0.15, 0.2) is 5.82 Å². The molecule has 116 valence electrons. The Kier molecular flexibility index (Phi) is 4.99. The summed E-state index contributed by atoms with van der Waals surface area (Å²) in [6, 6.07) is 4.51. The second kappa shape index (κ2) is 6.76. The van der Waals surface area contributed by atoms with E-state index in [1.807, 2.05) is 0 Å². The number of amides is 2. The topological polar surface area (TPSA) is 88.3 Å². The molecule has 22 heavy (non-hydrogen) atoms. The number of likely N-dealkylation sites (N-methyl/N-ethyl adjacent to an activating group) is 1. The molecule has 2 rings (SSSR count). The first kappa shape index (κ1) is 16.3. The van der Waals surface area contributed by atoms with E-state index < -0.39 is 11.8 Å². The van der Waals surface area contributed by atoms with Gasteiger partial charge in [-0.05, 0) is 19.1 Å². The van der Waals surface area contributed by atoms with Crippen molar-refractivity contribution in [2.45, 2.75) is 6.92 Å². The van der Waals surface area contributed by atoms with Crippen LogP contribution in [0.15, 0.2) is 22.7 Å². The molecule has 2 amide bonds. The van der Waals surface area contributed by atoms with Crippen molar-refractivity contribution in [1.29, 1.82) is 0 Å². The lowest BCUT2D eigenvalue weighted by Gasteiger charge is -2.16. The average Bonchev–Trinajstić information content (AvgIpc) is 2.85. The van der Waals surface area contributed by atoms with Crippen LogP contribution >= 0.6 is 23.2 Å². The molecule has 0 bridgehead atoms. The molecule has 9 heteroatoms. The standard InChI is InChI=1S/C13H12Cl2N4O3/c1-7-5-10(18-22-7)17-11(20)6-19(2)13(21)12-8(14)3-4-9(15)16-12/h3-5H,6H2,1-2H3,(H,17,18,20). The van der Waals surface area contributed by atoms with E-state index in [0.717, 1.165) is 0 Å². The van der Waals surface area contributed by atoms with E-state index in [-0.39, 0.29) is 28.2 Å². The molecule has 0 spiro atoms. The molecule has 0 atom stereocenters. The number of rotatable bonds is 4. The molecule has 0 aliphatic rings. The monoisotopic (exact) mass is 342 g/mol. The number of aryl methyl sites for hydroxylation is 1. The van der Waals surface area contributed by atoms with Crippen LogP contribution in [0.5, 0.6) is 0 Å². The van der Waals surface area contributed by atoms with Gasteiger partial charge in [-0.2, -0.15) is 0 Å². The number of nitrogens with one attached hydrogen (secondary N) is 1. The zero-order valence-electron chi connectivity index (χ0n) is 11.8. The highest BCUT2D eigenvalue weighted by atomic mass is 35.5. The molecule has 0 unspecified atom stereocenters. The number of hydrogen-bond donors (Lipinski definition) is 1. The minimum Gasteiger partial charge on any atom is -0.360 e. The van der Waals surface area contributed by atoms with Gasteiger partial charge in [-0.3, -0.25) is 9.59 Å². The van der Waals surface area contributed by atoms with Gasteiger partial charge in [0, 0.05) is 13.1 Å². The average molecular weight is 343 g/mol. The predicted octanol–water partition coefficient (Wildman–Crippen LogP) is 2.40. The third-order valence-electron chi connectivity index (χ3n) is 2.64. The van der Waals surface area contributed by atoms with Gasteiger partial charge in [0.2, 0.25) is 5.91 Å². The Hall–Kier alpha value is -2.12. The van der Waals surface area contributed by atoms with Gasteiger partial charge >= 0.3 is 0 Å². The molecule has 2 aromatic heterocycles. The molecule has 2 aromatic rings. The van der Waals surface area contributed by atoms with Gasteiger partial charge in [0.05, 0.1) is 11.6 Å². The summed E-state index contributed by atoms with van der Waals surface area (Å²) >= 11 is 11.7. The maximum Gasteiger partial charge on any atom is 0.274 e. The fraction of sp³-hybridized carbons (Fsp3) is 0.231. The van der Waals surface area contributed by atoms with Crippen molar-refractivity contribution in [2.24, 2.45) is 0 Å². The lowest BCUT2D eigenvalue weighted by Crippen LogP contribution is -2.35. The van der Waals surface area contributed by atoms with Gasteiger partial charge in [-0.25, -0.2) is 4.98 Å². The van der Waals surface area contributed by atoms with E-state index in [1.54, 1.807) is 13.0 Å². The van der Waals surface area contributed by atoms with Crippen molar-refractivity contribution in [3.05, 3.63) is 39.8 Å². The first-order valence-corrected chi connectivity index (χ1v) is 6.93. The molecule has 7 nitrogen and oxygen atoms in total. The zero-order valence-corrected chi connectivity index (χ0v) is 13.3. The molecule has 0 saturated heterocycles. The Morgan fingerprint density at radius 3 is 2.73 bits per heavy atom. The molecule has 0 fully saturated rings. The number of anilines is 1. The van der Waals surface area contributed by atoms with E-state index in [2.05, 4.69) is 15.5 Å². The van der Waals surface area contributed by atoms with E-state index in [0.29, 0.717) is 5.76 Å². The number of carbonyl (C=O) groups excluding carboxylic acids is 2. The number of pyridine rings is 1. The number of carbonyl (C=O) groups is 2. The van der Waals surface area contributed by atoms with Crippen molar-refractivity contribution in [1.82, 2.24) is 15.0 Å². The number of aromatic nitrogens is 2. The minimum absolute atomic E-state index is 0.0123. The highest BCUT2D eigenvalue weighted by molar-refractivity contribution is 6.34. The van der Waals surface area contributed by atoms with Crippen molar-refractivity contribution in [2.75, 3.05) is 18.9 Å². The van der Waals surface area contributed by atoms with Crippen molar-refractivity contribution < 1.29 is 14.1 Å². The quantitative estimate of drug-likeness (QED) is 0.861. The normalized spacial score (nSPS) is 10.4. The third-order valence-corrected chi connectivity index (χ3v) is 3.15. The first-order valence-electron chi connectivity index (χ1n) is 6.17. The highest BCUT2D eigenvalue weighted by Crippen LogP contribution is 2.18. The molecule has 1 N–H and O–H groups in total. The Morgan fingerprint density at radius 2 is 2.09 bits per heavy atom. The van der Waals surface area contributed by atoms with Crippen LogP contribution in [0, 0.1) is 6.92 Å². The van der Waals surface area contributed by atoms with Crippen LogP contribution in [-0.4, -0.2) is 40.4 Å². The van der Waals surface area contributed by atoms with Crippen LogP contribution in [0.3, 0.4) is 0 Å². The third kappa shape index (κ3) is 3.96. The summed E-state index contributed by atoms with van der Waals surface area (Å²) in [4.78, 5) is 29.1. The summed E-state index contributed by atoms with van der Waals surface area (Å²) in [5.41, 5.74) is -0.0123. The van der Waals surface area contributed by atoms with E-state index >= 15 is 0 Å². The maximum absolute atomic E-state index is 12.2. The molecule has 0 saturated carbocycles. The molecule has 0 aromatic carbocycles. The second-order valence-electron chi connectivity index (χ2n) is 4.50. The first-order chi connectivity index (χ1) is 10.4. The summed E-state index contributed by atoms with van der Waals surface area (Å²) in [6.07, 6.45) is 0. The molecule has 0 aliphatic carbocycles. The Morgan fingerprint density at radius 1 is 1.36 bits per heavy atom. The van der Waals surface area contributed by atoms with Gasteiger partial charge in [0.1, 0.15) is 16.6 Å². The van der Waals surface area contributed by atoms with Crippen LogP contribution in [0.1, 0.15) is 16.2 Å². The Labute approximate surface area is 136 Å². The molecule has 2 heterocycles. The molecule has 0 aliphatic heterocycles. The summed E-state index contributed by atoms with van der Waals surface area (Å²) in [6.45, 7) is 1.50. The molecular weight excluding hydrogens is 331 g/mol. The van der Waals surface area contributed by atoms with Crippen molar-refractivity contribution >= 4 is 40.8 Å². The maximum atomic E-state index is 12.2. The van der Waals surface area contributed by atoms with Gasteiger partial charge in [0.25, 0.3) is 5.91 Å². The van der Waals surface area contributed by atoms with Crippen LogP contribution in [-0.2, 0) is 4.79 Å². The zero-order chi connectivity index (χ0) is 16.3. The predicted molar refractivity (Wildman–Crippen MR) is 81.1 cm³/mol. The van der Waals surface area contributed by atoms with Gasteiger partial charge < -0.3 is 14.7 Å². The molecule has 0 radical (unpaired) electrons. The van der Waals surface area contributed by atoms with Crippen LogP contribution in [0.4, 0.5) is 5.82 Å². The number of hydrogen-bond acceptors (Lipinski definition) is 5. The minimum atomic E-state index is -0.515.